The van der Waals surface area contributed by atoms with Crippen LogP contribution in [0.25, 0.3) is 0 Å². The Labute approximate surface area is 157 Å². The lowest BCUT2D eigenvalue weighted by Crippen LogP contribution is -2.45. The largest absolute Gasteiger partial charge is 0.383 e. The molecule has 0 spiro atoms. The van der Waals surface area contributed by atoms with Gasteiger partial charge < -0.3 is 25.0 Å². The van der Waals surface area contributed by atoms with Gasteiger partial charge in [0.1, 0.15) is 5.82 Å². The topological polar surface area (TPSA) is 71.0 Å². The molecule has 1 aromatic heterocycles. The summed E-state index contributed by atoms with van der Waals surface area (Å²) >= 11 is 0. The van der Waals surface area contributed by atoms with E-state index in [1.165, 1.54) is 0 Å². The fourth-order valence-corrected chi connectivity index (χ4v) is 3.08. The minimum atomic E-state index is 0.198. The molecule has 1 fully saturated rings. The first-order valence-electron chi connectivity index (χ1n) is 9.41. The van der Waals surface area contributed by atoms with Gasteiger partial charge in [0.25, 0.3) is 0 Å². The van der Waals surface area contributed by atoms with Gasteiger partial charge in [0, 0.05) is 39.0 Å². The maximum absolute atomic E-state index is 5.79. The van der Waals surface area contributed by atoms with E-state index < -0.39 is 0 Å². The molecule has 0 amide bonds. The zero-order valence-corrected chi connectivity index (χ0v) is 16.7. The molecule has 1 aliphatic heterocycles. The van der Waals surface area contributed by atoms with E-state index >= 15 is 0 Å². The monoisotopic (exact) mass is 363 g/mol. The molecule has 3 atom stereocenters. The Kier molecular flexibility index (Phi) is 8.12. The Morgan fingerprint density at radius 2 is 2.12 bits per heavy atom. The number of rotatable bonds is 7. The number of guanidine groups is 1. The molecule has 7 heteroatoms. The molecule has 146 valence electrons. The van der Waals surface area contributed by atoms with Gasteiger partial charge in [-0.25, -0.2) is 9.98 Å². The van der Waals surface area contributed by atoms with Crippen molar-refractivity contribution in [1.29, 1.82) is 0 Å². The van der Waals surface area contributed by atoms with Crippen molar-refractivity contribution < 1.29 is 9.47 Å². The predicted molar refractivity (Wildman–Crippen MR) is 106 cm³/mol. The van der Waals surface area contributed by atoms with Gasteiger partial charge in [-0.05, 0) is 39.3 Å². The number of anilines is 1. The molecule has 26 heavy (non-hydrogen) atoms. The third-order valence-electron chi connectivity index (χ3n) is 4.12. The number of aromatic nitrogens is 1. The summed E-state index contributed by atoms with van der Waals surface area (Å²) in [6.45, 7) is 12.1. The Bertz CT molecular complexity index is 554. The van der Waals surface area contributed by atoms with E-state index in [9.17, 15) is 0 Å². The Balaban J connectivity index is 1.96. The van der Waals surface area contributed by atoms with Gasteiger partial charge >= 0.3 is 0 Å². The van der Waals surface area contributed by atoms with E-state index in [-0.39, 0.29) is 18.2 Å². The van der Waals surface area contributed by atoms with E-state index in [1.54, 1.807) is 7.11 Å². The normalized spacial score (nSPS) is 22.2. The summed E-state index contributed by atoms with van der Waals surface area (Å²) in [6.07, 6.45) is 2.37. The van der Waals surface area contributed by atoms with E-state index in [0.717, 1.165) is 37.0 Å². The average Bonchev–Trinajstić information content (AvgIpc) is 2.60. The highest BCUT2D eigenvalue weighted by Gasteiger charge is 2.22. The molecule has 0 aliphatic carbocycles. The molecule has 7 nitrogen and oxygen atoms in total. The van der Waals surface area contributed by atoms with Crippen molar-refractivity contribution in [2.24, 2.45) is 4.99 Å². The van der Waals surface area contributed by atoms with Gasteiger partial charge in [-0.1, -0.05) is 6.07 Å². The van der Waals surface area contributed by atoms with Crippen LogP contribution in [0.2, 0.25) is 0 Å². The smallest absolute Gasteiger partial charge is 0.191 e. The van der Waals surface area contributed by atoms with Crippen LogP contribution < -0.4 is 15.5 Å². The standard InChI is InChI=1S/C19H33N5O2/c1-6-20-19(23-14(2)13-25-5)22-10-17-7-8-18(21-9-17)24-11-15(3)26-16(4)12-24/h7-9,14-16H,6,10-13H2,1-5H3,(H2,20,22,23). The highest BCUT2D eigenvalue weighted by Crippen LogP contribution is 2.18. The molecule has 3 unspecified atom stereocenters. The van der Waals surface area contributed by atoms with E-state index in [1.807, 2.05) is 6.20 Å². The minimum absolute atomic E-state index is 0.198. The van der Waals surface area contributed by atoms with E-state index in [4.69, 9.17) is 9.47 Å². The van der Waals surface area contributed by atoms with Crippen LogP contribution >= 0.6 is 0 Å². The molecule has 0 radical (unpaired) electrons. The number of aliphatic imine (C=N–C) groups is 1. The zero-order chi connectivity index (χ0) is 18.9. The van der Waals surface area contributed by atoms with Crippen LogP contribution in [0.1, 0.15) is 33.3 Å². The van der Waals surface area contributed by atoms with Gasteiger partial charge in [0.2, 0.25) is 0 Å². The van der Waals surface area contributed by atoms with Crippen molar-refractivity contribution in [2.45, 2.75) is 52.5 Å². The second-order valence-electron chi connectivity index (χ2n) is 6.88. The summed E-state index contributed by atoms with van der Waals surface area (Å²) in [5, 5.41) is 6.59. The van der Waals surface area contributed by atoms with Gasteiger partial charge in [-0.2, -0.15) is 0 Å². The molecule has 2 rings (SSSR count). The van der Waals surface area contributed by atoms with Crippen molar-refractivity contribution >= 4 is 11.8 Å². The lowest BCUT2D eigenvalue weighted by molar-refractivity contribution is -0.00545. The first kappa shape index (κ1) is 20.5. The van der Waals surface area contributed by atoms with Gasteiger partial charge in [-0.15, -0.1) is 0 Å². The minimum Gasteiger partial charge on any atom is -0.383 e. The molecule has 0 bridgehead atoms. The van der Waals surface area contributed by atoms with Crippen LogP contribution in [-0.4, -0.2) is 62.5 Å². The summed E-state index contributed by atoms with van der Waals surface area (Å²) in [4.78, 5) is 11.5. The molecule has 1 aromatic rings. The number of hydrogen-bond acceptors (Lipinski definition) is 5. The lowest BCUT2D eigenvalue weighted by atomic mass is 10.2. The highest BCUT2D eigenvalue weighted by molar-refractivity contribution is 5.80. The number of methoxy groups -OCH3 is 1. The molecule has 1 saturated heterocycles. The fourth-order valence-electron chi connectivity index (χ4n) is 3.08. The van der Waals surface area contributed by atoms with E-state index in [0.29, 0.717) is 13.2 Å². The zero-order valence-electron chi connectivity index (χ0n) is 16.7. The van der Waals surface area contributed by atoms with Crippen LogP contribution in [0.5, 0.6) is 0 Å². The number of pyridine rings is 1. The lowest BCUT2D eigenvalue weighted by Gasteiger charge is -2.36. The van der Waals surface area contributed by atoms with Crippen LogP contribution in [0.4, 0.5) is 5.82 Å². The van der Waals surface area contributed by atoms with Crippen molar-refractivity contribution in [3.05, 3.63) is 23.9 Å². The number of hydrogen-bond donors (Lipinski definition) is 2. The van der Waals surface area contributed by atoms with Crippen molar-refractivity contribution in [3.8, 4) is 0 Å². The SMILES string of the molecule is CCNC(=NCc1ccc(N2CC(C)OC(C)C2)nc1)NC(C)COC. The van der Waals surface area contributed by atoms with Gasteiger partial charge in [0.05, 0.1) is 25.4 Å². The molecular formula is C19H33N5O2. The van der Waals surface area contributed by atoms with Gasteiger partial charge in [-0.3, -0.25) is 0 Å². The molecule has 2 heterocycles. The maximum Gasteiger partial charge on any atom is 0.191 e. The average molecular weight is 364 g/mol. The number of morpholine rings is 1. The first-order chi connectivity index (χ1) is 12.5. The third kappa shape index (κ3) is 6.46. The Morgan fingerprint density at radius 1 is 1.38 bits per heavy atom. The molecule has 0 aromatic carbocycles. The summed E-state index contributed by atoms with van der Waals surface area (Å²) in [5.74, 6) is 1.79. The predicted octanol–water partition coefficient (Wildman–Crippen LogP) is 1.79. The summed E-state index contributed by atoms with van der Waals surface area (Å²) in [7, 11) is 1.70. The Morgan fingerprint density at radius 3 is 2.69 bits per heavy atom. The summed E-state index contributed by atoms with van der Waals surface area (Å²) in [6, 6.07) is 4.37. The van der Waals surface area contributed by atoms with Crippen molar-refractivity contribution in [3.63, 3.8) is 0 Å². The second-order valence-corrected chi connectivity index (χ2v) is 6.88. The number of ether oxygens (including phenoxy) is 2. The first-order valence-corrected chi connectivity index (χ1v) is 9.41. The second kappa shape index (κ2) is 10.3. The quantitative estimate of drug-likeness (QED) is 0.568. The van der Waals surface area contributed by atoms with Crippen molar-refractivity contribution in [2.75, 3.05) is 38.3 Å². The molecule has 2 N–H and O–H groups in total. The van der Waals surface area contributed by atoms with Crippen LogP contribution in [0, 0.1) is 0 Å². The Hall–Kier alpha value is -1.86. The van der Waals surface area contributed by atoms with Crippen molar-refractivity contribution in [1.82, 2.24) is 15.6 Å². The highest BCUT2D eigenvalue weighted by atomic mass is 16.5. The third-order valence-corrected chi connectivity index (χ3v) is 4.12. The summed E-state index contributed by atoms with van der Waals surface area (Å²) in [5.41, 5.74) is 1.08. The molecule has 0 saturated carbocycles. The van der Waals surface area contributed by atoms with Gasteiger partial charge in [0.15, 0.2) is 5.96 Å². The number of nitrogens with zero attached hydrogens (tertiary/aromatic N) is 3. The van der Waals surface area contributed by atoms with E-state index in [2.05, 4.69) is 65.3 Å². The van der Waals surface area contributed by atoms with Crippen LogP contribution in [0.15, 0.2) is 23.3 Å². The summed E-state index contributed by atoms with van der Waals surface area (Å²) < 4.78 is 11.0. The van der Waals surface area contributed by atoms with Crippen LogP contribution in [-0.2, 0) is 16.0 Å². The van der Waals surface area contributed by atoms with Crippen LogP contribution in [0.3, 0.4) is 0 Å². The number of nitrogens with one attached hydrogen (secondary N) is 2. The molecular weight excluding hydrogens is 330 g/mol. The molecule has 1 aliphatic rings. The maximum atomic E-state index is 5.79. The fraction of sp³-hybridized carbons (Fsp3) is 0.684.